The monoisotopic (exact) mass is 431 g/mol. The van der Waals surface area contributed by atoms with Crippen LogP contribution in [0.15, 0.2) is 57.4 Å². The van der Waals surface area contributed by atoms with Crippen LogP contribution in [-0.2, 0) is 14.4 Å². The number of aliphatic hydroxyl groups excluding tert-OH is 1. The van der Waals surface area contributed by atoms with Crippen molar-refractivity contribution >= 4 is 35.2 Å². The molecule has 0 atom stereocenters. The summed E-state index contributed by atoms with van der Waals surface area (Å²) in [5.41, 5.74) is 0.693. The summed E-state index contributed by atoms with van der Waals surface area (Å²) in [5.74, 6) is -1.19. The van der Waals surface area contributed by atoms with Crippen molar-refractivity contribution in [2.45, 2.75) is 23.6 Å². The Balaban J connectivity index is 2.14. The predicted octanol–water partition coefficient (Wildman–Crippen LogP) is 3.12. The van der Waals surface area contributed by atoms with E-state index in [1.807, 2.05) is 0 Å². The average Bonchev–Trinajstić information content (AvgIpc) is 2.75. The van der Waals surface area contributed by atoms with Crippen LogP contribution in [0.4, 0.5) is 0 Å². The van der Waals surface area contributed by atoms with Crippen molar-refractivity contribution in [2.75, 3.05) is 20.3 Å². The minimum Gasteiger partial charge on any atom is -0.496 e. The topological polar surface area (TPSA) is 111 Å². The molecule has 0 saturated heterocycles. The maximum absolute atomic E-state index is 12.5. The van der Waals surface area contributed by atoms with Crippen LogP contribution in [0.25, 0.3) is 0 Å². The number of rotatable bonds is 9. The lowest BCUT2D eigenvalue weighted by Crippen LogP contribution is -2.13. The summed E-state index contributed by atoms with van der Waals surface area (Å²) >= 11 is 1.42. The van der Waals surface area contributed by atoms with Crippen LogP contribution in [0, 0.1) is 0 Å². The molecule has 2 aromatic carbocycles. The molecule has 0 bridgehead atoms. The van der Waals surface area contributed by atoms with E-state index >= 15 is 0 Å². The smallest absolute Gasteiger partial charge is 0.338 e. The highest BCUT2D eigenvalue weighted by Gasteiger charge is 2.17. The molecule has 0 aliphatic heterocycles. The van der Waals surface area contributed by atoms with Gasteiger partial charge < -0.3 is 19.4 Å². The van der Waals surface area contributed by atoms with Crippen molar-refractivity contribution in [2.24, 2.45) is 5.16 Å². The van der Waals surface area contributed by atoms with Crippen LogP contribution in [0.2, 0.25) is 0 Å². The van der Waals surface area contributed by atoms with E-state index in [4.69, 9.17) is 14.6 Å². The fraction of sp³-hybridized carbons (Fsp3) is 0.238. The summed E-state index contributed by atoms with van der Waals surface area (Å²) in [5, 5.41) is 12.2. The summed E-state index contributed by atoms with van der Waals surface area (Å²) in [6.07, 6.45) is 0. The van der Waals surface area contributed by atoms with E-state index in [-0.39, 0.29) is 24.5 Å². The molecule has 8 nitrogen and oxygen atoms in total. The molecule has 0 amide bonds. The highest BCUT2D eigenvalue weighted by molar-refractivity contribution is 7.99. The van der Waals surface area contributed by atoms with Crippen LogP contribution >= 0.6 is 11.8 Å². The van der Waals surface area contributed by atoms with Crippen LogP contribution in [0.1, 0.15) is 34.6 Å². The highest BCUT2D eigenvalue weighted by atomic mass is 32.2. The molecule has 0 radical (unpaired) electrons. The molecule has 0 unspecified atom stereocenters. The third-order valence-electron chi connectivity index (χ3n) is 3.71. The normalized spacial score (nSPS) is 11.0. The highest BCUT2D eigenvalue weighted by Crippen LogP contribution is 2.32. The fourth-order valence-corrected chi connectivity index (χ4v) is 3.15. The molecule has 0 aromatic heterocycles. The van der Waals surface area contributed by atoms with Crippen LogP contribution in [0.3, 0.4) is 0 Å². The summed E-state index contributed by atoms with van der Waals surface area (Å²) < 4.78 is 10.2. The molecule has 9 heteroatoms. The third kappa shape index (κ3) is 6.43. The number of hydrogen-bond acceptors (Lipinski definition) is 9. The van der Waals surface area contributed by atoms with Gasteiger partial charge in [-0.25, -0.2) is 9.59 Å². The second-order valence-corrected chi connectivity index (χ2v) is 7.08. The lowest BCUT2D eigenvalue weighted by molar-refractivity contribution is -0.140. The van der Waals surface area contributed by atoms with Crippen molar-refractivity contribution in [1.82, 2.24) is 0 Å². The molecular formula is C21H21NO7S. The molecule has 1 N–H and O–H groups in total. The molecule has 0 fully saturated rings. The molecule has 0 aliphatic rings. The number of esters is 1. The van der Waals surface area contributed by atoms with Crippen molar-refractivity contribution < 1.29 is 33.8 Å². The van der Waals surface area contributed by atoms with Gasteiger partial charge in [0.15, 0.2) is 0 Å². The second-order valence-electron chi connectivity index (χ2n) is 5.94. The third-order valence-corrected chi connectivity index (χ3v) is 4.71. The zero-order valence-corrected chi connectivity index (χ0v) is 17.5. The number of nitrogens with zero attached hydrogens (tertiary/aromatic N) is 1. The summed E-state index contributed by atoms with van der Waals surface area (Å²) in [6.45, 7) is 2.36. The van der Waals surface area contributed by atoms with E-state index in [1.54, 1.807) is 42.5 Å². The van der Waals surface area contributed by atoms with E-state index in [1.165, 1.54) is 32.7 Å². The van der Waals surface area contributed by atoms with Gasteiger partial charge in [0.05, 0.1) is 24.8 Å². The number of Topliss-reactive ketones (excluding diaryl/α,β-unsaturated/α-hetero) is 1. The number of hydrogen-bond donors (Lipinski definition) is 1. The maximum atomic E-state index is 12.5. The first-order valence-electron chi connectivity index (χ1n) is 8.86. The van der Waals surface area contributed by atoms with Gasteiger partial charge in [0, 0.05) is 16.7 Å². The van der Waals surface area contributed by atoms with Crippen LogP contribution in [-0.4, -0.2) is 48.9 Å². The molecular weight excluding hydrogens is 410 g/mol. The fourth-order valence-electron chi connectivity index (χ4n) is 2.31. The first kappa shape index (κ1) is 23.1. The lowest BCUT2D eigenvalue weighted by Gasteiger charge is -2.10. The lowest BCUT2D eigenvalue weighted by atomic mass is 10.1. The first-order valence-corrected chi connectivity index (χ1v) is 9.68. The average molecular weight is 431 g/mol. The zero-order valence-electron chi connectivity index (χ0n) is 16.7. The van der Waals surface area contributed by atoms with Crippen LogP contribution < -0.4 is 4.74 Å². The largest absolute Gasteiger partial charge is 0.496 e. The Hall–Kier alpha value is -3.17. The van der Waals surface area contributed by atoms with Crippen molar-refractivity contribution in [3.63, 3.8) is 0 Å². The van der Waals surface area contributed by atoms with E-state index in [9.17, 15) is 14.4 Å². The molecule has 30 heavy (non-hydrogen) atoms. The van der Waals surface area contributed by atoms with Crippen molar-refractivity contribution in [3.8, 4) is 5.75 Å². The number of carbonyl (C=O) groups excluding carboxylic acids is 3. The van der Waals surface area contributed by atoms with E-state index < -0.39 is 17.7 Å². The Bertz CT molecular complexity index is 954. The van der Waals surface area contributed by atoms with Gasteiger partial charge >= 0.3 is 11.9 Å². The van der Waals surface area contributed by atoms with E-state index in [2.05, 4.69) is 9.99 Å². The van der Waals surface area contributed by atoms with Gasteiger partial charge in [-0.05, 0) is 49.4 Å². The molecule has 0 saturated carbocycles. The number of aliphatic hydroxyl groups is 1. The summed E-state index contributed by atoms with van der Waals surface area (Å²) in [4.78, 5) is 41.3. The van der Waals surface area contributed by atoms with Gasteiger partial charge in [0.25, 0.3) is 0 Å². The van der Waals surface area contributed by atoms with Gasteiger partial charge in [-0.2, -0.15) is 0 Å². The van der Waals surface area contributed by atoms with Gasteiger partial charge in [0.2, 0.25) is 5.78 Å². The number of ether oxygens (including phenoxy) is 2. The number of ketones is 1. The predicted molar refractivity (Wildman–Crippen MR) is 110 cm³/mol. The summed E-state index contributed by atoms with van der Waals surface area (Å²) in [6, 6.07) is 11.9. The molecule has 0 heterocycles. The molecule has 2 rings (SSSR count). The first-order chi connectivity index (χ1) is 14.3. The molecule has 0 aliphatic carbocycles. The van der Waals surface area contributed by atoms with Gasteiger partial charge in [-0.1, -0.05) is 16.9 Å². The number of carbonyl (C=O) groups is 3. The number of methoxy groups -OCH3 is 1. The maximum Gasteiger partial charge on any atom is 0.338 e. The van der Waals surface area contributed by atoms with Crippen molar-refractivity contribution in [3.05, 3.63) is 53.6 Å². The van der Waals surface area contributed by atoms with E-state index in [0.717, 1.165) is 9.79 Å². The Morgan fingerprint density at radius 3 is 2.30 bits per heavy atom. The Labute approximate surface area is 177 Å². The van der Waals surface area contributed by atoms with Crippen molar-refractivity contribution in [1.29, 1.82) is 0 Å². The minimum absolute atomic E-state index is 0.0209. The minimum atomic E-state index is -0.617. The zero-order chi connectivity index (χ0) is 22.1. The molecule has 0 spiro atoms. The van der Waals surface area contributed by atoms with Gasteiger partial charge in [-0.3, -0.25) is 4.79 Å². The van der Waals surface area contributed by atoms with E-state index in [0.29, 0.717) is 11.3 Å². The van der Waals surface area contributed by atoms with Gasteiger partial charge in [-0.15, -0.1) is 0 Å². The van der Waals surface area contributed by atoms with Crippen LogP contribution in [0.5, 0.6) is 5.75 Å². The standard InChI is InChI=1S/C21H21NO7S/c1-13(22-29-14(2)24)20(25)18-9-8-17(12-19(18)27-3)30-16-6-4-15(5-7-16)21(26)28-11-10-23/h4-9,12,23H,10-11H2,1-3H3. The SMILES string of the molecule is COc1cc(Sc2ccc(C(=O)OCCO)cc2)ccc1C(=O)C(C)=NOC(C)=O. The molecule has 158 valence electrons. The Morgan fingerprint density at radius 1 is 1.03 bits per heavy atom. The number of benzene rings is 2. The quantitative estimate of drug-likeness (QED) is 0.212. The van der Waals surface area contributed by atoms with Gasteiger partial charge in [0.1, 0.15) is 18.1 Å². The molecule has 2 aromatic rings. The number of oxime groups is 1. The Morgan fingerprint density at radius 2 is 1.70 bits per heavy atom. The Kier molecular flexibility index (Phi) is 8.57. The summed E-state index contributed by atoms with van der Waals surface area (Å²) in [7, 11) is 1.45. The second kappa shape index (κ2) is 11.1.